The second kappa shape index (κ2) is 8.18. The second-order valence-electron chi connectivity index (χ2n) is 6.02. The second-order valence-corrected chi connectivity index (χ2v) is 6.02. The predicted octanol–water partition coefficient (Wildman–Crippen LogP) is 2.82. The molecule has 1 saturated carbocycles. The average molecular weight is 269 g/mol. The van der Waals surface area contributed by atoms with E-state index in [0.29, 0.717) is 18.9 Å². The zero-order valence-electron chi connectivity index (χ0n) is 12.2. The summed E-state index contributed by atoms with van der Waals surface area (Å²) in [5.41, 5.74) is 0. The molecule has 4 heteroatoms. The highest BCUT2D eigenvalue weighted by atomic mass is 16.4. The van der Waals surface area contributed by atoms with Crippen LogP contribution in [0, 0.1) is 17.8 Å². The monoisotopic (exact) mass is 269 g/mol. The molecule has 2 atom stereocenters. The molecule has 0 unspecified atom stereocenters. The molecule has 0 bridgehead atoms. The molecule has 1 fully saturated rings. The lowest BCUT2D eigenvalue weighted by atomic mass is 9.78. The van der Waals surface area contributed by atoms with Gasteiger partial charge in [0.25, 0.3) is 0 Å². The van der Waals surface area contributed by atoms with Gasteiger partial charge in [-0.1, -0.05) is 39.5 Å². The number of carbonyl (C=O) groups excluding carboxylic acids is 1. The predicted molar refractivity (Wildman–Crippen MR) is 74.8 cm³/mol. The zero-order valence-corrected chi connectivity index (χ0v) is 12.2. The number of hydrogen-bond acceptors (Lipinski definition) is 2. The van der Waals surface area contributed by atoms with Crippen LogP contribution in [0.5, 0.6) is 0 Å². The minimum Gasteiger partial charge on any atom is -0.481 e. The van der Waals surface area contributed by atoms with Crippen molar-refractivity contribution >= 4 is 11.9 Å². The summed E-state index contributed by atoms with van der Waals surface area (Å²) in [7, 11) is 0. The molecule has 4 nitrogen and oxygen atoms in total. The fourth-order valence-corrected chi connectivity index (χ4v) is 2.76. The molecular weight excluding hydrogens is 242 g/mol. The molecule has 19 heavy (non-hydrogen) atoms. The largest absolute Gasteiger partial charge is 0.481 e. The highest BCUT2D eigenvalue weighted by molar-refractivity contribution is 5.84. The number of carbonyl (C=O) groups is 2. The SMILES string of the molecule is CC(C)CCCCNC(=O)[C@@H]1CCCC[C@@H]1C(=O)O. The maximum Gasteiger partial charge on any atom is 0.307 e. The van der Waals surface area contributed by atoms with Gasteiger partial charge in [0, 0.05) is 6.54 Å². The van der Waals surface area contributed by atoms with Crippen LogP contribution >= 0.6 is 0 Å². The van der Waals surface area contributed by atoms with Gasteiger partial charge in [0.2, 0.25) is 5.91 Å². The minimum atomic E-state index is -0.820. The van der Waals surface area contributed by atoms with E-state index in [1.54, 1.807) is 0 Å². The standard InChI is InChI=1S/C15H27NO3/c1-11(2)7-5-6-10-16-14(17)12-8-3-4-9-13(12)15(18)19/h11-13H,3-10H2,1-2H3,(H,16,17)(H,18,19)/t12-,13+/m1/s1. The van der Waals surface area contributed by atoms with Crippen molar-refractivity contribution < 1.29 is 14.7 Å². The van der Waals surface area contributed by atoms with Gasteiger partial charge in [-0.25, -0.2) is 0 Å². The first kappa shape index (κ1) is 16.0. The summed E-state index contributed by atoms with van der Waals surface area (Å²) in [5, 5.41) is 12.1. The topological polar surface area (TPSA) is 66.4 Å². The maximum atomic E-state index is 12.0. The van der Waals surface area contributed by atoms with Crippen molar-refractivity contribution in [1.82, 2.24) is 5.32 Å². The van der Waals surface area contributed by atoms with Crippen molar-refractivity contribution in [3.8, 4) is 0 Å². The Kier molecular flexibility index (Phi) is 6.89. The van der Waals surface area contributed by atoms with Crippen LogP contribution < -0.4 is 5.32 Å². The van der Waals surface area contributed by atoms with Crippen LogP contribution in [0.3, 0.4) is 0 Å². The van der Waals surface area contributed by atoms with Crippen LogP contribution in [0.15, 0.2) is 0 Å². The van der Waals surface area contributed by atoms with Gasteiger partial charge in [0.05, 0.1) is 11.8 Å². The molecule has 0 aromatic carbocycles. The van der Waals surface area contributed by atoms with Gasteiger partial charge in [0.15, 0.2) is 0 Å². The van der Waals surface area contributed by atoms with Gasteiger partial charge >= 0.3 is 5.97 Å². The van der Waals surface area contributed by atoms with E-state index in [0.717, 1.165) is 32.1 Å². The number of nitrogens with one attached hydrogen (secondary N) is 1. The maximum absolute atomic E-state index is 12.0. The molecule has 0 aliphatic heterocycles. The number of aliphatic carboxylic acids is 1. The lowest BCUT2D eigenvalue weighted by molar-refractivity contribution is -0.148. The first-order valence-corrected chi connectivity index (χ1v) is 7.53. The van der Waals surface area contributed by atoms with Crippen LogP contribution in [0.2, 0.25) is 0 Å². The number of unbranched alkanes of at least 4 members (excludes halogenated alkanes) is 1. The third-order valence-electron chi connectivity index (χ3n) is 3.93. The first-order valence-electron chi connectivity index (χ1n) is 7.53. The molecule has 110 valence electrons. The van der Waals surface area contributed by atoms with Gasteiger partial charge in [-0.15, -0.1) is 0 Å². The van der Waals surface area contributed by atoms with Crippen LogP contribution in [-0.4, -0.2) is 23.5 Å². The quantitative estimate of drug-likeness (QED) is 0.698. The summed E-state index contributed by atoms with van der Waals surface area (Å²) in [4.78, 5) is 23.2. The molecule has 0 heterocycles. The Labute approximate surface area is 116 Å². The van der Waals surface area contributed by atoms with Crippen molar-refractivity contribution in [1.29, 1.82) is 0 Å². The Morgan fingerprint density at radius 1 is 1.16 bits per heavy atom. The fraction of sp³-hybridized carbons (Fsp3) is 0.867. The Bertz CT molecular complexity index is 302. The number of carboxylic acid groups (broad SMARTS) is 1. The van der Waals surface area contributed by atoms with Gasteiger partial charge < -0.3 is 10.4 Å². The number of hydrogen-bond donors (Lipinski definition) is 2. The zero-order chi connectivity index (χ0) is 14.3. The molecule has 1 aliphatic rings. The van der Waals surface area contributed by atoms with Gasteiger partial charge in [-0.05, 0) is 25.2 Å². The van der Waals surface area contributed by atoms with Crippen molar-refractivity contribution in [3.05, 3.63) is 0 Å². The van der Waals surface area contributed by atoms with Crippen LogP contribution in [0.4, 0.5) is 0 Å². The van der Waals surface area contributed by atoms with E-state index in [1.807, 2.05) is 0 Å². The molecule has 0 aromatic rings. The van der Waals surface area contributed by atoms with Crippen LogP contribution in [0.1, 0.15) is 58.8 Å². The smallest absolute Gasteiger partial charge is 0.307 e. The summed E-state index contributed by atoms with van der Waals surface area (Å²) >= 11 is 0. The molecule has 1 amide bonds. The third-order valence-corrected chi connectivity index (χ3v) is 3.93. The molecule has 1 aliphatic carbocycles. The van der Waals surface area contributed by atoms with Crippen molar-refractivity contribution in [2.75, 3.05) is 6.54 Å². The Hall–Kier alpha value is -1.06. The van der Waals surface area contributed by atoms with E-state index >= 15 is 0 Å². The van der Waals surface area contributed by atoms with Crippen molar-refractivity contribution in [3.63, 3.8) is 0 Å². The third kappa shape index (κ3) is 5.62. The molecular formula is C15H27NO3. The highest BCUT2D eigenvalue weighted by Crippen LogP contribution is 2.30. The van der Waals surface area contributed by atoms with E-state index in [9.17, 15) is 9.59 Å². The van der Waals surface area contributed by atoms with Gasteiger partial charge in [-0.3, -0.25) is 9.59 Å². The lowest BCUT2D eigenvalue weighted by Gasteiger charge is -2.27. The van der Waals surface area contributed by atoms with E-state index in [2.05, 4.69) is 19.2 Å². The average Bonchev–Trinajstić information content (AvgIpc) is 2.37. The van der Waals surface area contributed by atoms with E-state index in [1.165, 1.54) is 6.42 Å². The van der Waals surface area contributed by atoms with Crippen LogP contribution in [-0.2, 0) is 9.59 Å². The number of carboxylic acids is 1. The normalized spacial score (nSPS) is 23.3. The molecule has 0 aromatic heterocycles. The summed E-state index contributed by atoms with van der Waals surface area (Å²) in [6, 6.07) is 0. The molecule has 0 spiro atoms. The first-order chi connectivity index (χ1) is 9.02. The molecule has 2 N–H and O–H groups in total. The summed E-state index contributed by atoms with van der Waals surface area (Å²) < 4.78 is 0. The van der Waals surface area contributed by atoms with Crippen molar-refractivity contribution in [2.24, 2.45) is 17.8 Å². The van der Waals surface area contributed by atoms with Gasteiger partial charge in [-0.2, -0.15) is 0 Å². The molecule has 0 radical (unpaired) electrons. The molecule has 0 saturated heterocycles. The Balaban J connectivity index is 2.29. The summed E-state index contributed by atoms with van der Waals surface area (Å²) in [6.45, 7) is 5.06. The minimum absolute atomic E-state index is 0.0587. The van der Waals surface area contributed by atoms with Crippen molar-refractivity contribution in [2.45, 2.75) is 58.8 Å². The Morgan fingerprint density at radius 3 is 2.37 bits per heavy atom. The number of rotatable bonds is 7. The number of amides is 1. The van der Waals surface area contributed by atoms with Crippen LogP contribution in [0.25, 0.3) is 0 Å². The summed E-state index contributed by atoms with van der Waals surface area (Å²) in [6.07, 6.45) is 6.52. The lowest BCUT2D eigenvalue weighted by Crippen LogP contribution is -2.40. The fourth-order valence-electron chi connectivity index (χ4n) is 2.76. The van der Waals surface area contributed by atoms with E-state index < -0.39 is 11.9 Å². The summed E-state index contributed by atoms with van der Waals surface area (Å²) in [5.74, 6) is -0.984. The van der Waals surface area contributed by atoms with E-state index in [4.69, 9.17) is 5.11 Å². The van der Waals surface area contributed by atoms with Gasteiger partial charge in [0.1, 0.15) is 0 Å². The highest BCUT2D eigenvalue weighted by Gasteiger charge is 2.35. The van der Waals surface area contributed by atoms with E-state index in [-0.39, 0.29) is 11.8 Å². The molecule has 1 rings (SSSR count). The Morgan fingerprint density at radius 2 is 1.79 bits per heavy atom.